The van der Waals surface area contributed by atoms with Gasteiger partial charge in [0, 0.05) is 28.7 Å². The standard InChI is InChI=1S/C15H15BrN2O2/c1-11(14-7-2-3-8-15(14)18(19)20)17-10-12-5-4-6-13(16)9-12/h2-9,11,17H,10H2,1H3. The molecule has 0 spiro atoms. The Morgan fingerprint density at radius 1 is 1.25 bits per heavy atom. The van der Waals surface area contributed by atoms with E-state index >= 15 is 0 Å². The van der Waals surface area contributed by atoms with E-state index < -0.39 is 0 Å². The van der Waals surface area contributed by atoms with Crippen LogP contribution < -0.4 is 5.32 Å². The molecule has 0 bridgehead atoms. The molecule has 0 saturated heterocycles. The highest BCUT2D eigenvalue weighted by molar-refractivity contribution is 9.10. The lowest BCUT2D eigenvalue weighted by Gasteiger charge is -2.14. The van der Waals surface area contributed by atoms with Gasteiger partial charge in [-0.1, -0.05) is 46.3 Å². The molecule has 2 aromatic rings. The summed E-state index contributed by atoms with van der Waals surface area (Å²) in [5.41, 5.74) is 1.99. The molecule has 104 valence electrons. The zero-order valence-corrected chi connectivity index (χ0v) is 12.6. The third-order valence-electron chi connectivity index (χ3n) is 3.10. The van der Waals surface area contributed by atoms with Crippen molar-refractivity contribution in [1.82, 2.24) is 5.32 Å². The summed E-state index contributed by atoms with van der Waals surface area (Å²) in [6.07, 6.45) is 0. The van der Waals surface area contributed by atoms with Gasteiger partial charge in [-0.2, -0.15) is 0 Å². The predicted octanol–water partition coefficient (Wildman–Crippen LogP) is 4.21. The highest BCUT2D eigenvalue weighted by atomic mass is 79.9. The highest BCUT2D eigenvalue weighted by Gasteiger charge is 2.17. The molecule has 0 aliphatic carbocycles. The minimum Gasteiger partial charge on any atom is -0.306 e. The van der Waals surface area contributed by atoms with Crippen LogP contribution in [0.15, 0.2) is 53.0 Å². The smallest absolute Gasteiger partial charge is 0.274 e. The Balaban J connectivity index is 2.09. The Morgan fingerprint density at radius 3 is 2.70 bits per heavy atom. The number of nitro benzene ring substituents is 1. The fourth-order valence-electron chi connectivity index (χ4n) is 2.05. The van der Waals surface area contributed by atoms with Crippen LogP contribution >= 0.6 is 15.9 Å². The molecule has 1 atom stereocenters. The van der Waals surface area contributed by atoms with Crippen LogP contribution in [0, 0.1) is 10.1 Å². The lowest BCUT2D eigenvalue weighted by molar-refractivity contribution is -0.385. The SMILES string of the molecule is CC(NCc1cccc(Br)c1)c1ccccc1[N+](=O)[O-]. The Hall–Kier alpha value is -1.72. The van der Waals surface area contributed by atoms with E-state index in [0.29, 0.717) is 12.1 Å². The molecule has 0 aliphatic rings. The molecule has 0 radical (unpaired) electrons. The van der Waals surface area contributed by atoms with Gasteiger partial charge in [0.05, 0.1) is 4.92 Å². The van der Waals surface area contributed by atoms with E-state index in [1.54, 1.807) is 12.1 Å². The summed E-state index contributed by atoms with van der Waals surface area (Å²) < 4.78 is 1.02. The molecular weight excluding hydrogens is 320 g/mol. The summed E-state index contributed by atoms with van der Waals surface area (Å²) in [4.78, 5) is 10.7. The summed E-state index contributed by atoms with van der Waals surface area (Å²) >= 11 is 3.43. The minimum absolute atomic E-state index is 0.0874. The first kappa shape index (κ1) is 14.7. The van der Waals surface area contributed by atoms with Crippen molar-refractivity contribution < 1.29 is 4.92 Å². The number of hydrogen-bond acceptors (Lipinski definition) is 3. The van der Waals surface area contributed by atoms with E-state index in [1.807, 2.05) is 37.3 Å². The van der Waals surface area contributed by atoms with Crippen molar-refractivity contribution in [3.8, 4) is 0 Å². The molecule has 2 rings (SSSR count). The largest absolute Gasteiger partial charge is 0.306 e. The van der Waals surface area contributed by atoms with Crippen LogP contribution in [0.1, 0.15) is 24.1 Å². The minimum atomic E-state index is -0.341. The van der Waals surface area contributed by atoms with Crippen LogP contribution in [0.25, 0.3) is 0 Å². The summed E-state index contributed by atoms with van der Waals surface area (Å²) in [5, 5.41) is 14.3. The number of para-hydroxylation sites is 1. The molecule has 1 N–H and O–H groups in total. The van der Waals surface area contributed by atoms with Crippen LogP contribution in [-0.2, 0) is 6.54 Å². The number of nitrogens with zero attached hydrogens (tertiary/aromatic N) is 1. The molecular formula is C15H15BrN2O2. The highest BCUT2D eigenvalue weighted by Crippen LogP contribution is 2.24. The Morgan fingerprint density at radius 2 is 2.00 bits per heavy atom. The molecule has 4 nitrogen and oxygen atoms in total. The molecule has 1 unspecified atom stereocenters. The van der Waals surface area contributed by atoms with E-state index in [9.17, 15) is 10.1 Å². The number of benzene rings is 2. The van der Waals surface area contributed by atoms with Crippen molar-refractivity contribution in [2.24, 2.45) is 0 Å². The molecule has 0 amide bonds. The fourth-order valence-corrected chi connectivity index (χ4v) is 2.49. The molecule has 0 aromatic heterocycles. The molecule has 0 aliphatic heterocycles. The number of nitrogens with one attached hydrogen (secondary N) is 1. The number of hydrogen-bond donors (Lipinski definition) is 1. The van der Waals surface area contributed by atoms with Crippen molar-refractivity contribution in [3.63, 3.8) is 0 Å². The molecule has 0 saturated carbocycles. The van der Waals surface area contributed by atoms with Crippen LogP contribution in [0.2, 0.25) is 0 Å². The lowest BCUT2D eigenvalue weighted by atomic mass is 10.1. The second-order valence-corrected chi connectivity index (χ2v) is 5.46. The van der Waals surface area contributed by atoms with Gasteiger partial charge in [-0.15, -0.1) is 0 Å². The normalized spacial score (nSPS) is 12.1. The van der Waals surface area contributed by atoms with E-state index in [0.717, 1.165) is 10.0 Å². The van der Waals surface area contributed by atoms with Crippen LogP contribution in [0.4, 0.5) is 5.69 Å². The van der Waals surface area contributed by atoms with Crippen molar-refractivity contribution >= 4 is 21.6 Å². The third-order valence-corrected chi connectivity index (χ3v) is 3.59. The monoisotopic (exact) mass is 334 g/mol. The summed E-state index contributed by atoms with van der Waals surface area (Å²) in [6, 6.07) is 14.7. The maximum absolute atomic E-state index is 11.0. The van der Waals surface area contributed by atoms with Gasteiger partial charge >= 0.3 is 0 Å². The molecule has 0 fully saturated rings. The van der Waals surface area contributed by atoms with Gasteiger partial charge in [0.1, 0.15) is 0 Å². The first-order valence-corrected chi connectivity index (χ1v) is 7.08. The van der Waals surface area contributed by atoms with Gasteiger partial charge in [-0.25, -0.2) is 0 Å². The first-order valence-electron chi connectivity index (χ1n) is 6.29. The average molecular weight is 335 g/mol. The average Bonchev–Trinajstić information content (AvgIpc) is 2.45. The molecule has 2 aromatic carbocycles. The van der Waals surface area contributed by atoms with Gasteiger partial charge in [-0.3, -0.25) is 10.1 Å². The molecule has 0 heterocycles. The van der Waals surface area contributed by atoms with Crippen LogP contribution in [-0.4, -0.2) is 4.92 Å². The van der Waals surface area contributed by atoms with Crippen molar-refractivity contribution in [1.29, 1.82) is 0 Å². The van der Waals surface area contributed by atoms with Crippen molar-refractivity contribution in [2.45, 2.75) is 19.5 Å². The summed E-state index contributed by atoms with van der Waals surface area (Å²) in [7, 11) is 0. The summed E-state index contributed by atoms with van der Waals surface area (Å²) in [5.74, 6) is 0. The zero-order valence-electron chi connectivity index (χ0n) is 11.0. The molecule has 20 heavy (non-hydrogen) atoms. The van der Waals surface area contributed by atoms with Gasteiger partial charge < -0.3 is 5.32 Å². The third kappa shape index (κ3) is 3.65. The maximum atomic E-state index is 11.0. The van der Waals surface area contributed by atoms with Gasteiger partial charge in [0.15, 0.2) is 0 Å². The number of rotatable bonds is 5. The van der Waals surface area contributed by atoms with E-state index in [-0.39, 0.29) is 16.7 Å². The van der Waals surface area contributed by atoms with Crippen LogP contribution in [0.3, 0.4) is 0 Å². The topological polar surface area (TPSA) is 55.2 Å². The van der Waals surface area contributed by atoms with E-state index in [4.69, 9.17) is 0 Å². The van der Waals surface area contributed by atoms with Crippen LogP contribution in [0.5, 0.6) is 0 Å². The Kier molecular flexibility index (Phi) is 4.87. The van der Waals surface area contributed by atoms with Crippen molar-refractivity contribution in [3.05, 3.63) is 74.2 Å². The second kappa shape index (κ2) is 6.63. The van der Waals surface area contributed by atoms with Gasteiger partial charge in [0.2, 0.25) is 0 Å². The zero-order chi connectivity index (χ0) is 14.5. The second-order valence-electron chi connectivity index (χ2n) is 4.55. The molecule has 5 heteroatoms. The quantitative estimate of drug-likeness (QED) is 0.658. The summed E-state index contributed by atoms with van der Waals surface area (Å²) in [6.45, 7) is 2.59. The Labute approximate surface area is 126 Å². The van der Waals surface area contributed by atoms with Crippen molar-refractivity contribution in [2.75, 3.05) is 0 Å². The van der Waals surface area contributed by atoms with Gasteiger partial charge in [0.25, 0.3) is 5.69 Å². The van der Waals surface area contributed by atoms with E-state index in [2.05, 4.69) is 21.2 Å². The van der Waals surface area contributed by atoms with E-state index in [1.165, 1.54) is 6.07 Å². The maximum Gasteiger partial charge on any atom is 0.274 e. The first-order chi connectivity index (χ1) is 9.58. The Bertz CT molecular complexity index is 616. The number of nitro groups is 1. The lowest BCUT2D eigenvalue weighted by Crippen LogP contribution is -2.19. The number of halogens is 1. The van der Waals surface area contributed by atoms with Gasteiger partial charge in [-0.05, 0) is 24.6 Å². The fraction of sp³-hybridized carbons (Fsp3) is 0.200. The predicted molar refractivity (Wildman–Crippen MR) is 82.5 cm³/mol.